The number of nitrogens with zero attached hydrogens (tertiary/aromatic N) is 2. The first kappa shape index (κ1) is 17.3. The molecule has 0 unspecified atom stereocenters. The van der Waals surface area contributed by atoms with Gasteiger partial charge in [-0.3, -0.25) is 0 Å². The van der Waals surface area contributed by atoms with Crippen molar-refractivity contribution in [2.75, 3.05) is 0 Å². The van der Waals surface area contributed by atoms with Crippen molar-refractivity contribution in [3.05, 3.63) is 96.8 Å². The third kappa shape index (κ3) is 2.97. The molecule has 5 rings (SSSR count). The van der Waals surface area contributed by atoms with Crippen LogP contribution in [0, 0.1) is 0 Å². The van der Waals surface area contributed by atoms with E-state index in [1.807, 2.05) is 36.4 Å². The van der Waals surface area contributed by atoms with Crippen molar-refractivity contribution >= 4 is 41.1 Å². The molecule has 29 heavy (non-hydrogen) atoms. The Labute approximate surface area is 168 Å². The van der Waals surface area contributed by atoms with Crippen LogP contribution in [0.15, 0.2) is 91.1 Å². The number of esters is 1. The van der Waals surface area contributed by atoms with Crippen molar-refractivity contribution in [3.63, 3.8) is 0 Å². The van der Waals surface area contributed by atoms with E-state index in [1.54, 1.807) is 24.3 Å². The fourth-order valence-electron chi connectivity index (χ4n) is 3.61. The Hall–Kier alpha value is -3.86. The molecule has 0 saturated heterocycles. The van der Waals surface area contributed by atoms with Crippen LogP contribution >= 0.6 is 0 Å². The molecular formula is C24H15BN2O2. The van der Waals surface area contributed by atoms with Gasteiger partial charge >= 0.3 is 5.97 Å². The van der Waals surface area contributed by atoms with Crippen molar-refractivity contribution in [3.8, 4) is 11.4 Å². The van der Waals surface area contributed by atoms with Crippen LogP contribution in [0.25, 0.3) is 27.5 Å². The Morgan fingerprint density at radius 2 is 1.41 bits per heavy atom. The van der Waals surface area contributed by atoms with Gasteiger partial charge < -0.3 is 9.30 Å². The number of pyridine rings is 1. The maximum Gasteiger partial charge on any atom is 0.361 e. The molecule has 0 aliphatic carbocycles. The standard InChI is InChI=1S/C24H15BN2O2/c25-20-8-5-15-26-23(20)24(28)29-17-13-11-16(12-14-17)27-21-9-3-1-6-18(21)19-7-2-4-10-22(19)27/h1-15H. The molecule has 0 amide bonds. The summed E-state index contributed by atoms with van der Waals surface area (Å²) in [6.45, 7) is 0. The number of aromatic nitrogens is 2. The van der Waals surface area contributed by atoms with Crippen molar-refractivity contribution < 1.29 is 9.53 Å². The molecule has 0 aliphatic heterocycles. The molecule has 0 saturated carbocycles. The summed E-state index contributed by atoms with van der Waals surface area (Å²) >= 11 is 0. The van der Waals surface area contributed by atoms with E-state index < -0.39 is 5.97 Å². The molecule has 4 nitrogen and oxygen atoms in total. The monoisotopic (exact) mass is 374 g/mol. The Bertz CT molecular complexity index is 1300. The average Bonchev–Trinajstić information content (AvgIpc) is 3.09. The van der Waals surface area contributed by atoms with Gasteiger partial charge in [0.1, 0.15) is 19.3 Å². The number of carbonyl (C=O) groups is 1. The molecule has 0 fully saturated rings. The molecule has 3 aromatic carbocycles. The van der Waals surface area contributed by atoms with E-state index in [-0.39, 0.29) is 5.69 Å². The Morgan fingerprint density at radius 3 is 2.03 bits per heavy atom. The van der Waals surface area contributed by atoms with Gasteiger partial charge in [-0.05, 0) is 42.5 Å². The van der Waals surface area contributed by atoms with Crippen LogP contribution in [0.1, 0.15) is 10.5 Å². The van der Waals surface area contributed by atoms with E-state index in [9.17, 15) is 4.79 Å². The molecule has 2 radical (unpaired) electrons. The molecule has 2 aromatic heterocycles. The number of benzene rings is 3. The predicted molar refractivity (Wildman–Crippen MR) is 115 cm³/mol. The fourth-order valence-corrected chi connectivity index (χ4v) is 3.61. The van der Waals surface area contributed by atoms with Crippen LogP contribution in [0.3, 0.4) is 0 Å². The number of rotatable bonds is 3. The molecule has 136 valence electrons. The highest BCUT2D eigenvalue weighted by Gasteiger charge is 2.14. The lowest BCUT2D eigenvalue weighted by molar-refractivity contribution is 0.0730. The summed E-state index contributed by atoms with van der Waals surface area (Å²) in [5.41, 5.74) is 3.64. The van der Waals surface area contributed by atoms with Crippen molar-refractivity contribution in [1.82, 2.24) is 9.55 Å². The van der Waals surface area contributed by atoms with E-state index >= 15 is 0 Å². The molecule has 0 spiro atoms. The number of para-hydroxylation sites is 2. The second kappa shape index (κ2) is 6.95. The number of hydrogen-bond donors (Lipinski definition) is 0. The maximum absolute atomic E-state index is 12.3. The van der Waals surface area contributed by atoms with Crippen LogP contribution in [0.5, 0.6) is 5.75 Å². The highest BCUT2D eigenvalue weighted by atomic mass is 16.5. The van der Waals surface area contributed by atoms with Gasteiger partial charge in [-0.15, -0.1) is 0 Å². The van der Waals surface area contributed by atoms with Crippen LogP contribution in [0.4, 0.5) is 0 Å². The molecule has 0 atom stereocenters. The first-order valence-electron chi connectivity index (χ1n) is 9.24. The first-order chi connectivity index (χ1) is 14.2. The zero-order valence-electron chi connectivity index (χ0n) is 15.4. The van der Waals surface area contributed by atoms with Gasteiger partial charge in [0.2, 0.25) is 0 Å². The molecule has 5 heteroatoms. The summed E-state index contributed by atoms with van der Waals surface area (Å²) in [7, 11) is 5.80. The van der Waals surface area contributed by atoms with Crippen LogP contribution in [-0.2, 0) is 0 Å². The summed E-state index contributed by atoms with van der Waals surface area (Å²) in [6.07, 6.45) is 1.51. The van der Waals surface area contributed by atoms with Gasteiger partial charge in [0.25, 0.3) is 0 Å². The number of hydrogen-bond acceptors (Lipinski definition) is 3. The maximum atomic E-state index is 12.3. The van der Waals surface area contributed by atoms with E-state index in [1.165, 1.54) is 17.0 Å². The van der Waals surface area contributed by atoms with Gasteiger partial charge in [-0.1, -0.05) is 47.9 Å². The van der Waals surface area contributed by atoms with Crippen molar-refractivity contribution in [2.24, 2.45) is 0 Å². The van der Waals surface area contributed by atoms with Crippen molar-refractivity contribution in [1.29, 1.82) is 0 Å². The normalized spacial score (nSPS) is 11.0. The van der Waals surface area contributed by atoms with E-state index in [2.05, 4.69) is 33.8 Å². The lowest BCUT2D eigenvalue weighted by Gasteiger charge is -2.10. The largest absolute Gasteiger partial charge is 0.422 e. The summed E-state index contributed by atoms with van der Waals surface area (Å²) < 4.78 is 7.64. The molecular weight excluding hydrogens is 359 g/mol. The van der Waals surface area contributed by atoms with Gasteiger partial charge in [0.15, 0.2) is 0 Å². The minimum atomic E-state index is -0.576. The summed E-state index contributed by atoms with van der Waals surface area (Å²) in [5.74, 6) is -0.141. The molecule has 0 N–H and O–H groups in total. The minimum Gasteiger partial charge on any atom is -0.422 e. The fraction of sp³-hybridized carbons (Fsp3) is 0. The zero-order valence-corrected chi connectivity index (χ0v) is 15.4. The lowest BCUT2D eigenvalue weighted by atomic mass is 9.94. The quantitative estimate of drug-likeness (QED) is 0.270. The van der Waals surface area contributed by atoms with Gasteiger partial charge in [-0.2, -0.15) is 0 Å². The summed E-state index contributed by atoms with van der Waals surface area (Å²) in [6, 6.07) is 27.3. The zero-order chi connectivity index (χ0) is 19.8. The van der Waals surface area contributed by atoms with Gasteiger partial charge in [0.05, 0.1) is 11.0 Å². The highest BCUT2D eigenvalue weighted by molar-refractivity contribution is 6.35. The second-order valence-corrected chi connectivity index (χ2v) is 6.69. The Kier molecular flexibility index (Phi) is 4.13. The third-order valence-electron chi connectivity index (χ3n) is 4.92. The topological polar surface area (TPSA) is 44.1 Å². The SMILES string of the molecule is [B]c1cccnc1C(=O)Oc1ccc(-n2c3ccccc3c3ccccc32)cc1. The first-order valence-corrected chi connectivity index (χ1v) is 9.24. The molecule has 0 bridgehead atoms. The third-order valence-corrected chi connectivity index (χ3v) is 4.92. The number of ether oxygens (including phenoxy) is 1. The van der Waals surface area contributed by atoms with Crippen LogP contribution < -0.4 is 10.2 Å². The summed E-state index contributed by atoms with van der Waals surface area (Å²) in [4.78, 5) is 16.3. The van der Waals surface area contributed by atoms with Gasteiger partial charge in [0, 0.05) is 22.7 Å². The summed E-state index contributed by atoms with van der Waals surface area (Å²) in [5, 5.41) is 2.40. The predicted octanol–water partition coefficient (Wildman–Crippen LogP) is 4.19. The molecule has 2 heterocycles. The Morgan fingerprint density at radius 1 is 0.793 bits per heavy atom. The minimum absolute atomic E-state index is 0.110. The highest BCUT2D eigenvalue weighted by Crippen LogP contribution is 2.32. The van der Waals surface area contributed by atoms with Crippen LogP contribution in [-0.4, -0.2) is 23.4 Å². The van der Waals surface area contributed by atoms with E-state index in [4.69, 9.17) is 12.6 Å². The smallest absolute Gasteiger partial charge is 0.361 e. The van der Waals surface area contributed by atoms with Gasteiger partial charge in [-0.25, -0.2) is 9.78 Å². The van der Waals surface area contributed by atoms with E-state index in [0.717, 1.165) is 16.7 Å². The Balaban J connectivity index is 1.52. The number of carbonyl (C=O) groups excluding carboxylic acids is 1. The lowest BCUT2D eigenvalue weighted by Crippen LogP contribution is -2.21. The average molecular weight is 374 g/mol. The van der Waals surface area contributed by atoms with Crippen LogP contribution in [0.2, 0.25) is 0 Å². The van der Waals surface area contributed by atoms with Crippen molar-refractivity contribution in [2.45, 2.75) is 0 Å². The number of fused-ring (bicyclic) bond motifs is 3. The second-order valence-electron chi connectivity index (χ2n) is 6.69. The molecule has 5 aromatic rings. The molecule has 0 aliphatic rings. The van der Waals surface area contributed by atoms with E-state index in [0.29, 0.717) is 11.2 Å².